The van der Waals surface area contributed by atoms with Crippen molar-refractivity contribution in [3.8, 4) is 0 Å². The van der Waals surface area contributed by atoms with E-state index in [1.165, 1.54) is 0 Å². The standard InChI is InChI=1S/C13H20ClNO/c1-3-7-13(2,16)10-15-9-11-5-4-6-12(14)8-11/h4-6,8,15-16H,3,7,9-10H2,1-2H3. The summed E-state index contributed by atoms with van der Waals surface area (Å²) in [6.07, 6.45) is 1.81. The van der Waals surface area contributed by atoms with Crippen molar-refractivity contribution < 1.29 is 5.11 Å². The van der Waals surface area contributed by atoms with Gasteiger partial charge in [0.2, 0.25) is 0 Å². The van der Waals surface area contributed by atoms with Crippen molar-refractivity contribution in [2.45, 2.75) is 38.8 Å². The molecule has 0 aromatic heterocycles. The van der Waals surface area contributed by atoms with Gasteiger partial charge in [0, 0.05) is 18.1 Å². The molecular formula is C13H20ClNO. The van der Waals surface area contributed by atoms with Crippen molar-refractivity contribution in [2.75, 3.05) is 6.54 Å². The summed E-state index contributed by atoms with van der Waals surface area (Å²) in [6.45, 7) is 5.28. The maximum Gasteiger partial charge on any atom is 0.0743 e. The van der Waals surface area contributed by atoms with Crippen LogP contribution in [0.3, 0.4) is 0 Å². The highest BCUT2D eigenvalue weighted by Gasteiger charge is 2.17. The van der Waals surface area contributed by atoms with Crippen molar-refractivity contribution in [1.82, 2.24) is 5.32 Å². The van der Waals surface area contributed by atoms with Gasteiger partial charge in [0.15, 0.2) is 0 Å². The molecule has 1 aromatic rings. The Labute approximate surface area is 103 Å². The van der Waals surface area contributed by atoms with Crippen LogP contribution in [0, 0.1) is 0 Å². The molecule has 1 aromatic carbocycles. The van der Waals surface area contributed by atoms with Gasteiger partial charge in [-0.3, -0.25) is 0 Å². The number of halogens is 1. The summed E-state index contributed by atoms with van der Waals surface area (Å²) in [7, 11) is 0. The minimum absolute atomic E-state index is 0.605. The molecule has 1 atom stereocenters. The molecule has 0 heterocycles. The fourth-order valence-electron chi connectivity index (χ4n) is 1.75. The highest BCUT2D eigenvalue weighted by atomic mass is 35.5. The van der Waals surface area contributed by atoms with Crippen LogP contribution in [0.5, 0.6) is 0 Å². The zero-order valence-electron chi connectivity index (χ0n) is 9.96. The lowest BCUT2D eigenvalue weighted by molar-refractivity contribution is 0.0498. The minimum Gasteiger partial charge on any atom is -0.389 e. The Morgan fingerprint density at radius 2 is 2.19 bits per heavy atom. The summed E-state index contributed by atoms with van der Waals surface area (Å²) in [5.74, 6) is 0. The largest absolute Gasteiger partial charge is 0.389 e. The van der Waals surface area contributed by atoms with Gasteiger partial charge in [0.05, 0.1) is 5.60 Å². The van der Waals surface area contributed by atoms with Gasteiger partial charge in [-0.25, -0.2) is 0 Å². The van der Waals surface area contributed by atoms with E-state index in [9.17, 15) is 5.11 Å². The second-order valence-electron chi connectivity index (χ2n) is 4.48. The Morgan fingerprint density at radius 3 is 2.81 bits per heavy atom. The molecule has 3 heteroatoms. The van der Waals surface area contributed by atoms with Crippen LogP contribution in [0.2, 0.25) is 5.02 Å². The van der Waals surface area contributed by atoms with E-state index in [1.807, 2.05) is 31.2 Å². The van der Waals surface area contributed by atoms with Crippen molar-refractivity contribution in [3.05, 3.63) is 34.9 Å². The molecule has 1 unspecified atom stereocenters. The second kappa shape index (κ2) is 6.24. The molecule has 0 saturated carbocycles. The van der Waals surface area contributed by atoms with Crippen molar-refractivity contribution in [3.63, 3.8) is 0 Å². The summed E-state index contributed by atoms with van der Waals surface area (Å²) in [4.78, 5) is 0. The number of aliphatic hydroxyl groups is 1. The van der Waals surface area contributed by atoms with Crippen LogP contribution in [0.25, 0.3) is 0 Å². The first-order valence-corrected chi connectivity index (χ1v) is 6.09. The molecule has 90 valence electrons. The Balaban J connectivity index is 2.35. The van der Waals surface area contributed by atoms with E-state index in [0.717, 1.165) is 30.0 Å². The van der Waals surface area contributed by atoms with E-state index in [1.54, 1.807) is 0 Å². The molecule has 0 aliphatic rings. The zero-order chi connectivity index (χ0) is 12.0. The third-order valence-electron chi connectivity index (χ3n) is 2.51. The summed E-state index contributed by atoms with van der Waals surface area (Å²) < 4.78 is 0. The topological polar surface area (TPSA) is 32.3 Å². The van der Waals surface area contributed by atoms with Crippen LogP contribution >= 0.6 is 11.6 Å². The maximum absolute atomic E-state index is 9.96. The first-order chi connectivity index (χ1) is 7.53. The lowest BCUT2D eigenvalue weighted by atomic mass is 10.0. The Kier molecular flexibility index (Phi) is 5.26. The molecule has 0 fully saturated rings. The van der Waals surface area contributed by atoms with Gasteiger partial charge in [0.1, 0.15) is 0 Å². The van der Waals surface area contributed by atoms with Gasteiger partial charge in [-0.1, -0.05) is 37.1 Å². The molecule has 0 radical (unpaired) electrons. The quantitative estimate of drug-likeness (QED) is 0.803. The minimum atomic E-state index is -0.618. The number of rotatable bonds is 6. The molecule has 0 amide bonds. The number of benzene rings is 1. The Bertz CT molecular complexity index is 325. The normalized spacial score (nSPS) is 14.8. The van der Waals surface area contributed by atoms with Crippen LogP contribution in [0.1, 0.15) is 32.3 Å². The fraction of sp³-hybridized carbons (Fsp3) is 0.538. The Morgan fingerprint density at radius 1 is 1.44 bits per heavy atom. The first-order valence-electron chi connectivity index (χ1n) is 5.71. The number of hydrogen-bond donors (Lipinski definition) is 2. The van der Waals surface area contributed by atoms with Gasteiger partial charge in [-0.05, 0) is 31.0 Å². The highest BCUT2D eigenvalue weighted by molar-refractivity contribution is 6.30. The maximum atomic E-state index is 9.96. The van der Waals surface area contributed by atoms with Gasteiger partial charge in [-0.15, -0.1) is 0 Å². The van der Waals surface area contributed by atoms with Crippen LogP contribution in [0.4, 0.5) is 0 Å². The van der Waals surface area contributed by atoms with Crippen LogP contribution < -0.4 is 5.32 Å². The lowest BCUT2D eigenvalue weighted by Gasteiger charge is -2.23. The molecule has 0 spiro atoms. The van der Waals surface area contributed by atoms with Gasteiger partial charge < -0.3 is 10.4 Å². The number of nitrogens with one attached hydrogen (secondary N) is 1. The van der Waals surface area contributed by atoms with E-state index >= 15 is 0 Å². The Hall–Kier alpha value is -0.570. The van der Waals surface area contributed by atoms with E-state index in [4.69, 9.17) is 11.6 Å². The van der Waals surface area contributed by atoms with Crippen LogP contribution in [0.15, 0.2) is 24.3 Å². The van der Waals surface area contributed by atoms with Gasteiger partial charge >= 0.3 is 0 Å². The SMILES string of the molecule is CCCC(C)(O)CNCc1cccc(Cl)c1. The molecule has 2 N–H and O–H groups in total. The van der Waals surface area contributed by atoms with E-state index in [-0.39, 0.29) is 0 Å². The summed E-state index contributed by atoms with van der Waals surface area (Å²) >= 11 is 5.89. The fourth-order valence-corrected chi connectivity index (χ4v) is 1.96. The molecular weight excluding hydrogens is 222 g/mol. The molecule has 0 aliphatic heterocycles. The molecule has 0 aliphatic carbocycles. The molecule has 0 bridgehead atoms. The summed E-state index contributed by atoms with van der Waals surface area (Å²) in [6, 6.07) is 7.75. The first kappa shape index (κ1) is 13.5. The average Bonchev–Trinajstić information content (AvgIpc) is 2.17. The van der Waals surface area contributed by atoms with Gasteiger partial charge in [0.25, 0.3) is 0 Å². The second-order valence-corrected chi connectivity index (χ2v) is 4.92. The monoisotopic (exact) mass is 241 g/mol. The van der Waals surface area contributed by atoms with E-state index < -0.39 is 5.60 Å². The summed E-state index contributed by atoms with van der Waals surface area (Å²) in [5.41, 5.74) is 0.521. The van der Waals surface area contributed by atoms with E-state index in [2.05, 4.69) is 12.2 Å². The highest BCUT2D eigenvalue weighted by Crippen LogP contribution is 2.12. The molecule has 2 nitrogen and oxygen atoms in total. The predicted octanol–water partition coefficient (Wildman–Crippen LogP) is 2.98. The van der Waals surface area contributed by atoms with Crippen molar-refractivity contribution in [1.29, 1.82) is 0 Å². The van der Waals surface area contributed by atoms with Crippen LogP contribution in [-0.4, -0.2) is 17.3 Å². The van der Waals surface area contributed by atoms with Crippen LogP contribution in [-0.2, 0) is 6.54 Å². The third-order valence-corrected chi connectivity index (χ3v) is 2.75. The predicted molar refractivity (Wildman–Crippen MR) is 68.7 cm³/mol. The third kappa shape index (κ3) is 4.97. The van der Waals surface area contributed by atoms with Crippen molar-refractivity contribution in [2.24, 2.45) is 0 Å². The molecule has 0 saturated heterocycles. The zero-order valence-corrected chi connectivity index (χ0v) is 10.7. The lowest BCUT2D eigenvalue weighted by Crippen LogP contribution is -2.37. The smallest absolute Gasteiger partial charge is 0.0743 e. The molecule has 1 rings (SSSR count). The van der Waals surface area contributed by atoms with E-state index in [0.29, 0.717) is 6.54 Å². The number of hydrogen-bond acceptors (Lipinski definition) is 2. The summed E-state index contributed by atoms with van der Waals surface area (Å²) in [5, 5.41) is 14.0. The molecule has 16 heavy (non-hydrogen) atoms. The van der Waals surface area contributed by atoms with Gasteiger partial charge in [-0.2, -0.15) is 0 Å². The average molecular weight is 242 g/mol. The van der Waals surface area contributed by atoms with Crippen molar-refractivity contribution >= 4 is 11.6 Å².